The van der Waals surface area contributed by atoms with E-state index >= 15 is 0 Å². The Balaban J connectivity index is 1.62. The average molecular weight is 332 g/mol. The first kappa shape index (κ1) is 17.2. The van der Waals surface area contributed by atoms with E-state index in [2.05, 4.69) is 11.9 Å². The highest BCUT2D eigenvalue weighted by atomic mass is 16.5. The number of amides is 1. The van der Waals surface area contributed by atoms with Crippen LogP contribution in [0.2, 0.25) is 0 Å². The molecule has 1 atom stereocenters. The van der Waals surface area contributed by atoms with Crippen LogP contribution in [0.25, 0.3) is 0 Å². The molecule has 1 spiro atoms. The van der Waals surface area contributed by atoms with Crippen LogP contribution in [-0.2, 0) is 4.74 Å². The molecule has 0 saturated carbocycles. The molecular formula is C19H28N2O3. The maximum absolute atomic E-state index is 12.7. The van der Waals surface area contributed by atoms with Gasteiger partial charge in [0, 0.05) is 38.3 Å². The summed E-state index contributed by atoms with van der Waals surface area (Å²) in [5.41, 5.74) is 1.06. The molecule has 0 aromatic heterocycles. The standard InChI is InChI=1S/C19H28N2O3/c1-20-14-19(12-16(20)13-23-2)7-9-21(10-8-19)18(22)15-5-4-6-17(11-15)24-3/h4-6,11,16H,7-10,12-14H2,1-3H3/t16-/m1/s1. The predicted molar refractivity (Wildman–Crippen MR) is 93.5 cm³/mol. The molecule has 2 fully saturated rings. The Morgan fingerprint density at radius 2 is 2.04 bits per heavy atom. The molecule has 24 heavy (non-hydrogen) atoms. The summed E-state index contributed by atoms with van der Waals surface area (Å²) >= 11 is 0. The lowest BCUT2D eigenvalue weighted by Gasteiger charge is -2.39. The van der Waals surface area contributed by atoms with Gasteiger partial charge >= 0.3 is 0 Å². The Hall–Kier alpha value is -1.59. The third-order valence-corrected chi connectivity index (χ3v) is 5.66. The summed E-state index contributed by atoms with van der Waals surface area (Å²) in [6, 6.07) is 7.94. The smallest absolute Gasteiger partial charge is 0.253 e. The molecule has 2 aliphatic rings. The first-order valence-corrected chi connectivity index (χ1v) is 8.69. The van der Waals surface area contributed by atoms with E-state index in [9.17, 15) is 4.79 Å². The number of hydrogen-bond acceptors (Lipinski definition) is 4. The van der Waals surface area contributed by atoms with Crippen molar-refractivity contribution in [3.63, 3.8) is 0 Å². The van der Waals surface area contributed by atoms with Gasteiger partial charge in [-0.3, -0.25) is 4.79 Å². The van der Waals surface area contributed by atoms with E-state index in [0.717, 1.165) is 44.8 Å². The molecule has 132 valence electrons. The summed E-state index contributed by atoms with van der Waals surface area (Å²) in [5.74, 6) is 0.845. The van der Waals surface area contributed by atoms with Gasteiger partial charge in [-0.15, -0.1) is 0 Å². The minimum absolute atomic E-state index is 0.114. The number of nitrogens with zero attached hydrogens (tertiary/aromatic N) is 2. The number of ether oxygens (including phenoxy) is 2. The van der Waals surface area contributed by atoms with Gasteiger partial charge in [-0.25, -0.2) is 0 Å². The SMILES string of the molecule is COC[C@H]1CC2(CCN(C(=O)c3cccc(OC)c3)CC2)CN1C. The van der Waals surface area contributed by atoms with E-state index < -0.39 is 0 Å². The summed E-state index contributed by atoms with van der Waals surface area (Å²) in [6.45, 7) is 3.58. The molecule has 0 bridgehead atoms. The summed E-state index contributed by atoms with van der Waals surface area (Å²) in [7, 11) is 5.59. The summed E-state index contributed by atoms with van der Waals surface area (Å²) in [4.78, 5) is 17.2. The second kappa shape index (κ2) is 7.11. The van der Waals surface area contributed by atoms with Crippen molar-refractivity contribution in [3.05, 3.63) is 29.8 Å². The summed E-state index contributed by atoms with van der Waals surface area (Å²) < 4.78 is 10.6. The molecule has 5 nitrogen and oxygen atoms in total. The number of carbonyl (C=O) groups excluding carboxylic acids is 1. The van der Waals surface area contributed by atoms with E-state index in [1.54, 1.807) is 14.2 Å². The van der Waals surface area contributed by atoms with Crippen molar-refractivity contribution < 1.29 is 14.3 Å². The van der Waals surface area contributed by atoms with Gasteiger partial charge in [0.25, 0.3) is 5.91 Å². The molecule has 1 amide bonds. The summed E-state index contributed by atoms with van der Waals surface area (Å²) in [5, 5.41) is 0. The monoisotopic (exact) mass is 332 g/mol. The van der Waals surface area contributed by atoms with Crippen molar-refractivity contribution in [2.24, 2.45) is 5.41 Å². The molecule has 2 aliphatic heterocycles. The normalized spacial score (nSPS) is 23.6. The van der Waals surface area contributed by atoms with Crippen LogP contribution in [0.1, 0.15) is 29.6 Å². The van der Waals surface area contributed by atoms with Crippen molar-refractivity contribution in [1.82, 2.24) is 9.80 Å². The minimum atomic E-state index is 0.114. The Bertz CT molecular complexity index is 582. The number of piperidine rings is 1. The molecule has 0 N–H and O–H groups in total. The largest absolute Gasteiger partial charge is 0.497 e. The van der Waals surface area contributed by atoms with Crippen LogP contribution >= 0.6 is 0 Å². The second-order valence-corrected chi connectivity index (χ2v) is 7.25. The van der Waals surface area contributed by atoms with Crippen LogP contribution in [0.4, 0.5) is 0 Å². The fourth-order valence-electron chi connectivity index (χ4n) is 4.24. The summed E-state index contributed by atoms with van der Waals surface area (Å²) in [6.07, 6.45) is 3.33. The van der Waals surface area contributed by atoms with Gasteiger partial charge in [-0.1, -0.05) is 6.07 Å². The number of likely N-dealkylation sites (tertiary alicyclic amines) is 2. The first-order chi connectivity index (χ1) is 11.6. The van der Waals surface area contributed by atoms with Gasteiger partial charge in [-0.2, -0.15) is 0 Å². The first-order valence-electron chi connectivity index (χ1n) is 8.69. The van der Waals surface area contributed by atoms with E-state index in [4.69, 9.17) is 9.47 Å². The van der Waals surface area contributed by atoms with Crippen LogP contribution < -0.4 is 4.74 Å². The minimum Gasteiger partial charge on any atom is -0.497 e. The lowest BCUT2D eigenvalue weighted by Crippen LogP contribution is -2.44. The molecule has 5 heteroatoms. The predicted octanol–water partition coefficient (Wildman–Crippen LogP) is 2.27. The van der Waals surface area contributed by atoms with E-state index in [0.29, 0.717) is 17.0 Å². The lowest BCUT2D eigenvalue weighted by atomic mass is 9.76. The Kier molecular flexibility index (Phi) is 5.11. The molecule has 0 unspecified atom stereocenters. The third kappa shape index (κ3) is 3.42. The van der Waals surface area contributed by atoms with E-state index in [-0.39, 0.29) is 5.91 Å². The van der Waals surface area contributed by atoms with Crippen molar-refractivity contribution in [3.8, 4) is 5.75 Å². The fourth-order valence-corrected chi connectivity index (χ4v) is 4.24. The average Bonchev–Trinajstić information content (AvgIpc) is 2.90. The topological polar surface area (TPSA) is 42.0 Å². The molecule has 1 aromatic carbocycles. The molecule has 0 aliphatic carbocycles. The molecule has 2 saturated heterocycles. The zero-order valence-corrected chi connectivity index (χ0v) is 15.0. The zero-order chi connectivity index (χ0) is 17.2. The number of benzene rings is 1. The van der Waals surface area contributed by atoms with Crippen LogP contribution in [0, 0.1) is 5.41 Å². The van der Waals surface area contributed by atoms with Crippen LogP contribution in [-0.4, -0.2) is 69.3 Å². The van der Waals surface area contributed by atoms with Gasteiger partial charge in [-0.05, 0) is 49.9 Å². The van der Waals surface area contributed by atoms with Crippen molar-refractivity contribution in [2.75, 3.05) is 47.5 Å². The van der Waals surface area contributed by atoms with Gasteiger partial charge in [0.1, 0.15) is 5.75 Å². The fraction of sp³-hybridized carbons (Fsp3) is 0.632. The Morgan fingerprint density at radius 1 is 1.29 bits per heavy atom. The van der Waals surface area contributed by atoms with Crippen LogP contribution in [0.3, 0.4) is 0 Å². The highest BCUT2D eigenvalue weighted by molar-refractivity contribution is 5.94. The number of methoxy groups -OCH3 is 2. The number of hydrogen-bond donors (Lipinski definition) is 0. The van der Waals surface area contributed by atoms with Crippen molar-refractivity contribution in [2.45, 2.75) is 25.3 Å². The van der Waals surface area contributed by atoms with Crippen molar-refractivity contribution >= 4 is 5.91 Å². The molecule has 0 radical (unpaired) electrons. The Labute approximate surface area is 144 Å². The second-order valence-electron chi connectivity index (χ2n) is 7.25. The quantitative estimate of drug-likeness (QED) is 0.848. The molecular weight excluding hydrogens is 304 g/mol. The number of rotatable bonds is 4. The van der Waals surface area contributed by atoms with Crippen LogP contribution in [0.5, 0.6) is 5.75 Å². The maximum atomic E-state index is 12.7. The van der Waals surface area contributed by atoms with Gasteiger partial charge in [0.2, 0.25) is 0 Å². The molecule has 2 heterocycles. The number of carbonyl (C=O) groups is 1. The number of likely N-dealkylation sites (N-methyl/N-ethyl adjacent to an activating group) is 1. The maximum Gasteiger partial charge on any atom is 0.253 e. The van der Waals surface area contributed by atoms with E-state index in [1.165, 1.54) is 6.42 Å². The van der Waals surface area contributed by atoms with Gasteiger partial charge in [0.15, 0.2) is 0 Å². The lowest BCUT2D eigenvalue weighted by molar-refractivity contribution is 0.0591. The van der Waals surface area contributed by atoms with Gasteiger partial charge in [0.05, 0.1) is 13.7 Å². The molecule has 3 rings (SSSR count). The zero-order valence-electron chi connectivity index (χ0n) is 15.0. The highest BCUT2D eigenvalue weighted by Gasteiger charge is 2.44. The van der Waals surface area contributed by atoms with Crippen molar-refractivity contribution in [1.29, 1.82) is 0 Å². The third-order valence-electron chi connectivity index (χ3n) is 5.66. The van der Waals surface area contributed by atoms with Crippen LogP contribution in [0.15, 0.2) is 24.3 Å². The Morgan fingerprint density at radius 3 is 2.71 bits per heavy atom. The van der Waals surface area contributed by atoms with E-state index in [1.807, 2.05) is 29.2 Å². The molecule has 1 aromatic rings. The van der Waals surface area contributed by atoms with Gasteiger partial charge < -0.3 is 19.3 Å². The highest BCUT2D eigenvalue weighted by Crippen LogP contribution is 2.43.